The third-order valence-corrected chi connectivity index (χ3v) is 3.72. The molecule has 2 heterocycles. The Morgan fingerprint density at radius 2 is 2.04 bits per heavy atom. The summed E-state index contributed by atoms with van der Waals surface area (Å²) in [6.07, 6.45) is -2.89. The molecule has 0 aliphatic carbocycles. The molecule has 1 aromatic carbocycles. The number of aliphatic hydroxyl groups is 2. The average Bonchev–Trinajstić information content (AvgIpc) is 3.09. The Kier molecular flexibility index (Phi) is 5.56. The molecular weight excluding hydrogens is 377 g/mol. The van der Waals surface area contributed by atoms with E-state index in [0.717, 1.165) is 17.8 Å². The molecule has 11 heteroatoms. The molecule has 148 valence electrons. The summed E-state index contributed by atoms with van der Waals surface area (Å²) in [4.78, 5) is 7.31. The second kappa shape index (κ2) is 7.90. The molecule has 0 aliphatic rings. The van der Waals surface area contributed by atoms with E-state index in [4.69, 9.17) is 5.11 Å². The van der Waals surface area contributed by atoms with E-state index in [0.29, 0.717) is 16.9 Å². The highest BCUT2D eigenvalue weighted by atomic mass is 19.4. The lowest BCUT2D eigenvalue weighted by atomic mass is 10.1. The van der Waals surface area contributed by atoms with Crippen molar-refractivity contribution < 1.29 is 23.4 Å². The van der Waals surface area contributed by atoms with Crippen LogP contribution in [0, 0.1) is 6.92 Å². The standard InChI is InChI=1S/C17H17F3N6O2/c1-10-4-11(14-8-26(25-24-14)7-13(28)9-27)6-12(5-10)22-16-21-3-2-15(23-16)17(18,19)20/h2-6,8,13,27-28H,7,9H2,1H3,(H,21,22,23)/t13-/m0/s1. The Morgan fingerprint density at radius 1 is 1.25 bits per heavy atom. The van der Waals surface area contributed by atoms with Crippen molar-refractivity contribution in [1.29, 1.82) is 0 Å². The van der Waals surface area contributed by atoms with E-state index >= 15 is 0 Å². The van der Waals surface area contributed by atoms with Gasteiger partial charge in [-0.25, -0.2) is 14.6 Å². The molecule has 0 fully saturated rings. The van der Waals surface area contributed by atoms with Gasteiger partial charge in [-0.2, -0.15) is 13.2 Å². The van der Waals surface area contributed by atoms with E-state index in [1.807, 2.05) is 13.0 Å². The number of hydrogen-bond donors (Lipinski definition) is 3. The molecule has 3 rings (SSSR count). The Balaban J connectivity index is 1.84. The lowest BCUT2D eigenvalue weighted by Gasteiger charge is -2.10. The first-order valence-corrected chi connectivity index (χ1v) is 8.23. The molecule has 28 heavy (non-hydrogen) atoms. The van der Waals surface area contributed by atoms with Crippen LogP contribution in [0.2, 0.25) is 0 Å². The zero-order valence-electron chi connectivity index (χ0n) is 14.7. The second-order valence-electron chi connectivity index (χ2n) is 6.14. The SMILES string of the molecule is Cc1cc(Nc2nccc(C(F)(F)F)n2)cc(-c2cn(C[C@H](O)CO)nn2)c1. The maximum Gasteiger partial charge on any atom is 0.433 e. The lowest BCUT2D eigenvalue weighted by Crippen LogP contribution is -2.20. The summed E-state index contributed by atoms with van der Waals surface area (Å²) in [5.74, 6) is -0.180. The van der Waals surface area contributed by atoms with Gasteiger partial charge < -0.3 is 15.5 Å². The van der Waals surface area contributed by atoms with Crippen molar-refractivity contribution in [2.45, 2.75) is 25.7 Å². The number of halogens is 3. The number of benzene rings is 1. The van der Waals surface area contributed by atoms with Crippen molar-refractivity contribution in [2.24, 2.45) is 0 Å². The van der Waals surface area contributed by atoms with Crippen molar-refractivity contribution in [3.63, 3.8) is 0 Å². The Labute approximate surface area is 157 Å². The van der Waals surface area contributed by atoms with Gasteiger partial charge in [-0.15, -0.1) is 5.10 Å². The van der Waals surface area contributed by atoms with Crippen LogP contribution in [-0.2, 0) is 12.7 Å². The summed E-state index contributed by atoms with van der Waals surface area (Å²) in [5.41, 5.74) is 1.44. The average molecular weight is 394 g/mol. The van der Waals surface area contributed by atoms with Gasteiger partial charge in [0.2, 0.25) is 5.95 Å². The number of aromatic nitrogens is 5. The summed E-state index contributed by atoms with van der Waals surface area (Å²) in [7, 11) is 0. The number of aryl methyl sites for hydroxylation is 1. The third kappa shape index (κ3) is 4.81. The molecule has 8 nitrogen and oxygen atoms in total. The molecule has 0 spiro atoms. The minimum atomic E-state index is -4.56. The van der Waals surface area contributed by atoms with E-state index in [1.54, 1.807) is 18.3 Å². The van der Waals surface area contributed by atoms with E-state index in [2.05, 4.69) is 25.6 Å². The molecule has 3 N–H and O–H groups in total. The molecule has 0 unspecified atom stereocenters. The first-order valence-electron chi connectivity index (χ1n) is 8.23. The van der Waals surface area contributed by atoms with E-state index in [9.17, 15) is 18.3 Å². The topological polar surface area (TPSA) is 109 Å². The van der Waals surface area contributed by atoms with Crippen LogP contribution in [0.1, 0.15) is 11.3 Å². The second-order valence-corrected chi connectivity index (χ2v) is 6.14. The number of nitrogens with one attached hydrogen (secondary N) is 1. The number of nitrogens with zero attached hydrogens (tertiary/aromatic N) is 5. The third-order valence-electron chi connectivity index (χ3n) is 3.72. The van der Waals surface area contributed by atoms with Crippen molar-refractivity contribution in [1.82, 2.24) is 25.0 Å². The van der Waals surface area contributed by atoms with Crippen LogP contribution in [0.5, 0.6) is 0 Å². The molecule has 0 saturated carbocycles. The van der Waals surface area contributed by atoms with Gasteiger partial charge in [-0.1, -0.05) is 5.21 Å². The summed E-state index contributed by atoms with van der Waals surface area (Å²) in [6.45, 7) is 1.50. The van der Waals surface area contributed by atoms with E-state index in [-0.39, 0.29) is 12.5 Å². The van der Waals surface area contributed by atoms with Crippen molar-refractivity contribution in [2.75, 3.05) is 11.9 Å². The minimum Gasteiger partial charge on any atom is -0.394 e. The Hall–Kier alpha value is -3.05. The van der Waals surface area contributed by atoms with Crippen molar-refractivity contribution >= 4 is 11.6 Å². The zero-order chi connectivity index (χ0) is 20.3. The molecule has 0 saturated heterocycles. The number of anilines is 2. The zero-order valence-corrected chi connectivity index (χ0v) is 14.7. The van der Waals surface area contributed by atoms with Gasteiger partial charge in [-0.3, -0.25) is 0 Å². The summed E-state index contributed by atoms with van der Waals surface area (Å²) in [6, 6.07) is 6.03. The van der Waals surface area contributed by atoms with Crippen molar-refractivity contribution in [3.05, 3.63) is 47.9 Å². The smallest absolute Gasteiger partial charge is 0.394 e. The van der Waals surface area contributed by atoms with Crippen LogP contribution in [-0.4, -0.2) is 47.9 Å². The quantitative estimate of drug-likeness (QED) is 0.588. The number of alkyl halides is 3. The van der Waals surface area contributed by atoms with Gasteiger partial charge in [0.15, 0.2) is 0 Å². The molecule has 0 amide bonds. The lowest BCUT2D eigenvalue weighted by molar-refractivity contribution is -0.141. The molecule has 0 aliphatic heterocycles. The monoisotopic (exact) mass is 394 g/mol. The normalized spacial score (nSPS) is 12.8. The van der Waals surface area contributed by atoms with Crippen LogP contribution < -0.4 is 5.32 Å². The predicted octanol–water partition coefficient (Wildman–Crippen LogP) is 2.16. The van der Waals surface area contributed by atoms with Crippen LogP contribution in [0.25, 0.3) is 11.3 Å². The number of aliphatic hydroxyl groups excluding tert-OH is 2. The summed E-state index contributed by atoms with van der Waals surface area (Å²) in [5, 5.41) is 29.1. The van der Waals surface area contributed by atoms with Crippen molar-refractivity contribution in [3.8, 4) is 11.3 Å². The first-order chi connectivity index (χ1) is 13.2. The molecular formula is C17H17F3N6O2. The fourth-order valence-electron chi connectivity index (χ4n) is 2.50. The van der Waals surface area contributed by atoms with Gasteiger partial charge >= 0.3 is 6.18 Å². The largest absolute Gasteiger partial charge is 0.433 e. The molecule has 1 atom stereocenters. The number of rotatable bonds is 6. The van der Waals surface area contributed by atoms with Gasteiger partial charge in [0, 0.05) is 17.4 Å². The van der Waals surface area contributed by atoms with Gasteiger partial charge in [0.05, 0.1) is 25.5 Å². The highest BCUT2D eigenvalue weighted by Crippen LogP contribution is 2.29. The van der Waals surface area contributed by atoms with Gasteiger partial charge in [0.25, 0.3) is 0 Å². The van der Waals surface area contributed by atoms with Gasteiger partial charge in [0.1, 0.15) is 11.4 Å². The van der Waals surface area contributed by atoms with Crippen LogP contribution >= 0.6 is 0 Å². The Morgan fingerprint density at radius 3 is 2.75 bits per heavy atom. The molecule has 0 bridgehead atoms. The molecule has 2 aromatic heterocycles. The highest BCUT2D eigenvalue weighted by Gasteiger charge is 2.32. The predicted molar refractivity (Wildman–Crippen MR) is 93.6 cm³/mol. The maximum absolute atomic E-state index is 12.8. The van der Waals surface area contributed by atoms with Crippen LogP contribution in [0.3, 0.4) is 0 Å². The highest BCUT2D eigenvalue weighted by molar-refractivity contribution is 5.68. The maximum atomic E-state index is 12.8. The van der Waals surface area contributed by atoms with Crippen LogP contribution in [0.15, 0.2) is 36.7 Å². The van der Waals surface area contributed by atoms with Gasteiger partial charge in [-0.05, 0) is 36.8 Å². The van der Waals surface area contributed by atoms with E-state index in [1.165, 1.54) is 4.68 Å². The molecule has 0 radical (unpaired) electrons. The Bertz CT molecular complexity index is 960. The first kappa shape index (κ1) is 19.7. The minimum absolute atomic E-state index is 0.0818. The van der Waals surface area contributed by atoms with E-state index < -0.39 is 24.6 Å². The summed E-state index contributed by atoms with van der Waals surface area (Å²) >= 11 is 0. The summed E-state index contributed by atoms with van der Waals surface area (Å²) < 4.78 is 39.8. The van der Waals surface area contributed by atoms with Crippen LogP contribution in [0.4, 0.5) is 24.8 Å². The number of hydrogen-bond acceptors (Lipinski definition) is 7. The molecule has 3 aromatic rings. The fourth-order valence-corrected chi connectivity index (χ4v) is 2.50. The fraction of sp³-hybridized carbons (Fsp3) is 0.294.